The van der Waals surface area contributed by atoms with Gasteiger partial charge in [-0.05, 0) is 50.1 Å². The van der Waals surface area contributed by atoms with Crippen molar-refractivity contribution in [2.75, 3.05) is 19.0 Å². The van der Waals surface area contributed by atoms with Gasteiger partial charge in [-0.2, -0.15) is 0 Å². The molecule has 1 aliphatic rings. The summed E-state index contributed by atoms with van der Waals surface area (Å²) in [4.78, 5) is 23.4. The molecule has 0 spiro atoms. The lowest BCUT2D eigenvalue weighted by Crippen LogP contribution is -2.35. The average molecular weight is 262 g/mol. The highest BCUT2D eigenvalue weighted by atomic mass is 16.5. The molecule has 0 aromatic heterocycles. The van der Waals surface area contributed by atoms with Gasteiger partial charge in [0, 0.05) is 5.69 Å². The minimum Gasteiger partial charge on any atom is -0.465 e. The van der Waals surface area contributed by atoms with E-state index < -0.39 is 0 Å². The summed E-state index contributed by atoms with van der Waals surface area (Å²) in [6, 6.07) is 5.05. The third-order valence-electron chi connectivity index (χ3n) is 3.28. The Morgan fingerprint density at radius 2 is 2.21 bits per heavy atom. The maximum Gasteiger partial charge on any atom is 0.338 e. The van der Waals surface area contributed by atoms with Crippen LogP contribution in [-0.2, 0) is 9.53 Å². The molecule has 1 amide bonds. The van der Waals surface area contributed by atoms with Crippen LogP contribution in [0.5, 0.6) is 0 Å². The fourth-order valence-corrected chi connectivity index (χ4v) is 2.22. The summed E-state index contributed by atoms with van der Waals surface area (Å²) in [5.74, 6) is -0.393. The maximum atomic E-state index is 11.9. The summed E-state index contributed by atoms with van der Waals surface area (Å²) in [6.45, 7) is 2.70. The van der Waals surface area contributed by atoms with Crippen LogP contribution in [0.3, 0.4) is 0 Å². The van der Waals surface area contributed by atoms with Crippen LogP contribution in [-0.4, -0.2) is 31.6 Å². The van der Waals surface area contributed by atoms with Crippen LogP contribution in [0.15, 0.2) is 18.2 Å². The van der Waals surface area contributed by atoms with Crippen molar-refractivity contribution in [3.8, 4) is 0 Å². The van der Waals surface area contributed by atoms with Crippen LogP contribution in [0, 0.1) is 6.92 Å². The Morgan fingerprint density at radius 1 is 1.42 bits per heavy atom. The number of benzene rings is 1. The molecule has 5 nitrogen and oxygen atoms in total. The highest BCUT2D eigenvalue weighted by Crippen LogP contribution is 2.17. The lowest BCUT2D eigenvalue weighted by atomic mass is 10.1. The SMILES string of the molecule is COC(=O)c1ccc(NC(=O)C2CCCN2)cc1C. The van der Waals surface area contributed by atoms with Gasteiger partial charge in [-0.3, -0.25) is 4.79 Å². The zero-order valence-corrected chi connectivity index (χ0v) is 11.2. The molecule has 1 atom stereocenters. The number of methoxy groups -OCH3 is 1. The summed E-state index contributed by atoms with van der Waals surface area (Å²) in [6.07, 6.45) is 1.89. The van der Waals surface area contributed by atoms with Crippen molar-refractivity contribution in [3.63, 3.8) is 0 Å². The average Bonchev–Trinajstić information content (AvgIpc) is 2.92. The second kappa shape index (κ2) is 5.84. The zero-order chi connectivity index (χ0) is 13.8. The van der Waals surface area contributed by atoms with Crippen molar-refractivity contribution in [2.45, 2.75) is 25.8 Å². The fraction of sp³-hybridized carbons (Fsp3) is 0.429. The Balaban J connectivity index is 2.07. The third-order valence-corrected chi connectivity index (χ3v) is 3.28. The lowest BCUT2D eigenvalue weighted by Gasteiger charge is -2.12. The first-order chi connectivity index (χ1) is 9.11. The normalized spacial score (nSPS) is 18.1. The number of esters is 1. The number of ether oxygens (including phenoxy) is 1. The predicted octanol–water partition coefficient (Wildman–Crippen LogP) is 1.47. The van der Waals surface area contributed by atoms with Crippen molar-refractivity contribution in [1.29, 1.82) is 0 Å². The Labute approximate surface area is 112 Å². The Bertz CT molecular complexity index is 493. The molecule has 1 aliphatic heterocycles. The first kappa shape index (κ1) is 13.5. The van der Waals surface area contributed by atoms with E-state index in [0.717, 1.165) is 24.9 Å². The quantitative estimate of drug-likeness (QED) is 0.810. The monoisotopic (exact) mass is 262 g/mol. The van der Waals surface area contributed by atoms with Crippen LogP contribution in [0.2, 0.25) is 0 Å². The maximum absolute atomic E-state index is 11.9. The number of nitrogens with one attached hydrogen (secondary N) is 2. The van der Waals surface area contributed by atoms with Crippen LogP contribution in [0.25, 0.3) is 0 Å². The summed E-state index contributed by atoms with van der Waals surface area (Å²) >= 11 is 0. The number of anilines is 1. The molecule has 1 fully saturated rings. The molecule has 2 rings (SSSR count). The number of carbonyl (C=O) groups is 2. The van der Waals surface area contributed by atoms with E-state index in [1.54, 1.807) is 18.2 Å². The first-order valence-electron chi connectivity index (χ1n) is 6.35. The highest BCUT2D eigenvalue weighted by molar-refractivity contribution is 5.96. The van der Waals surface area contributed by atoms with Crippen molar-refractivity contribution in [1.82, 2.24) is 5.32 Å². The van der Waals surface area contributed by atoms with Gasteiger partial charge in [0.1, 0.15) is 0 Å². The molecule has 1 heterocycles. The Hall–Kier alpha value is -1.88. The molecule has 1 aromatic carbocycles. The minimum atomic E-state index is -0.368. The molecule has 0 aliphatic carbocycles. The van der Waals surface area contributed by atoms with Gasteiger partial charge in [0.05, 0.1) is 18.7 Å². The molecule has 0 bridgehead atoms. The van der Waals surface area contributed by atoms with Gasteiger partial charge in [-0.1, -0.05) is 0 Å². The molecule has 2 N–H and O–H groups in total. The second-order valence-corrected chi connectivity index (χ2v) is 4.66. The van der Waals surface area contributed by atoms with Gasteiger partial charge in [0.25, 0.3) is 0 Å². The summed E-state index contributed by atoms with van der Waals surface area (Å²) in [5.41, 5.74) is 1.99. The van der Waals surface area contributed by atoms with E-state index in [9.17, 15) is 9.59 Å². The van der Waals surface area contributed by atoms with Crippen LogP contribution in [0.1, 0.15) is 28.8 Å². The zero-order valence-electron chi connectivity index (χ0n) is 11.2. The van der Waals surface area contributed by atoms with Crippen molar-refractivity contribution >= 4 is 17.6 Å². The Morgan fingerprint density at radius 3 is 2.79 bits per heavy atom. The Kier molecular flexibility index (Phi) is 4.16. The van der Waals surface area contributed by atoms with Crippen molar-refractivity contribution in [3.05, 3.63) is 29.3 Å². The first-order valence-corrected chi connectivity index (χ1v) is 6.35. The number of hydrogen-bond acceptors (Lipinski definition) is 4. The molecule has 0 saturated carbocycles. The lowest BCUT2D eigenvalue weighted by molar-refractivity contribution is -0.117. The molecular weight excluding hydrogens is 244 g/mol. The van der Waals surface area contributed by atoms with Crippen molar-refractivity contribution in [2.24, 2.45) is 0 Å². The second-order valence-electron chi connectivity index (χ2n) is 4.66. The number of carbonyl (C=O) groups excluding carboxylic acids is 2. The number of rotatable bonds is 3. The van der Waals surface area contributed by atoms with E-state index in [4.69, 9.17) is 0 Å². The predicted molar refractivity (Wildman–Crippen MR) is 72.2 cm³/mol. The van der Waals surface area contributed by atoms with Gasteiger partial charge in [0.2, 0.25) is 5.91 Å². The van der Waals surface area contributed by atoms with E-state index in [0.29, 0.717) is 11.3 Å². The summed E-state index contributed by atoms with van der Waals surface area (Å²) < 4.78 is 4.68. The molecule has 5 heteroatoms. The number of aryl methyl sites for hydroxylation is 1. The molecule has 19 heavy (non-hydrogen) atoms. The molecule has 102 valence electrons. The molecular formula is C14H18N2O3. The standard InChI is InChI=1S/C14H18N2O3/c1-9-8-10(5-6-11(9)14(18)19-2)16-13(17)12-4-3-7-15-12/h5-6,8,12,15H,3-4,7H2,1-2H3,(H,16,17). The molecule has 0 radical (unpaired) electrons. The van der Waals surface area contributed by atoms with E-state index in [2.05, 4.69) is 15.4 Å². The minimum absolute atomic E-state index is 0.0253. The molecule has 1 saturated heterocycles. The highest BCUT2D eigenvalue weighted by Gasteiger charge is 2.22. The van der Waals surface area contributed by atoms with Crippen LogP contribution in [0.4, 0.5) is 5.69 Å². The van der Waals surface area contributed by atoms with Gasteiger partial charge in [-0.15, -0.1) is 0 Å². The van der Waals surface area contributed by atoms with Gasteiger partial charge < -0.3 is 15.4 Å². The van der Waals surface area contributed by atoms with Gasteiger partial charge in [-0.25, -0.2) is 4.79 Å². The van der Waals surface area contributed by atoms with E-state index >= 15 is 0 Å². The third kappa shape index (κ3) is 3.12. The van der Waals surface area contributed by atoms with E-state index in [1.165, 1.54) is 7.11 Å². The molecule has 1 aromatic rings. The van der Waals surface area contributed by atoms with Crippen molar-refractivity contribution < 1.29 is 14.3 Å². The molecule has 1 unspecified atom stereocenters. The fourth-order valence-electron chi connectivity index (χ4n) is 2.22. The number of hydrogen-bond donors (Lipinski definition) is 2. The topological polar surface area (TPSA) is 67.4 Å². The van der Waals surface area contributed by atoms with E-state index in [-0.39, 0.29) is 17.9 Å². The largest absolute Gasteiger partial charge is 0.465 e. The van der Waals surface area contributed by atoms with Crippen LogP contribution >= 0.6 is 0 Å². The van der Waals surface area contributed by atoms with Gasteiger partial charge in [0.15, 0.2) is 0 Å². The number of amides is 1. The smallest absolute Gasteiger partial charge is 0.338 e. The van der Waals surface area contributed by atoms with E-state index in [1.807, 2.05) is 6.92 Å². The summed E-state index contributed by atoms with van der Waals surface area (Å²) in [5, 5.41) is 6.00. The van der Waals surface area contributed by atoms with Crippen LogP contribution < -0.4 is 10.6 Å². The summed E-state index contributed by atoms with van der Waals surface area (Å²) in [7, 11) is 1.35. The van der Waals surface area contributed by atoms with Gasteiger partial charge >= 0.3 is 5.97 Å².